The van der Waals surface area contributed by atoms with E-state index in [2.05, 4.69) is 4.98 Å². The van der Waals surface area contributed by atoms with Crippen LogP contribution in [0.5, 0.6) is 0 Å². The molecule has 26 heavy (non-hydrogen) atoms. The summed E-state index contributed by atoms with van der Waals surface area (Å²) in [5.41, 5.74) is 7.83. The van der Waals surface area contributed by atoms with Crippen molar-refractivity contribution < 1.29 is 9.59 Å². The molecule has 0 saturated heterocycles. The Morgan fingerprint density at radius 2 is 1.96 bits per heavy atom. The van der Waals surface area contributed by atoms with Gasteiger partial charge in [0.25, 0.3) is 5.91 Å². The minimum absolute atomic E-state index is 0.0479. The summed E-state index contributed by atoms with van der Waals surface area (Å²) >= 11 is 0. The molecule has 134 valence electrons. The topological polar surface area (TPSA) is 79.5 Å². The number of benzene rings is 1. The number of nitrogens with two attached hydrogens (primary N) is 1. The normalized spacial score (nSPS) is 19.7. The Morgan fingerprint density at radius 1 is 1.19 bits per heavy atom. The first-order valence-electron chi connectivity index (χ1n) is 9.05. The minimum Gasteiger partial charge on any atom is -0.351 e. The first-order valence-corrected chi connectivity index (χ1v) is 9.05. The number of primary amides is 1. The van der Waals surface area contributed by atoms with Crippen molar-refractivity contribution in [2.24, 2.45) is 5.73 Å². The lowest BCUT2D eigenvalue weighted by Gasteiger charge is -2.30. The monoisotopic (exact) mass is 350 g/mol. The van der Waals surface area contributed by atoms with Crippen molar-refractivity contribution in [3.05, 3.63) is 53.7 Å². The van der Waals surface area contributed by atoms with Crippen LogP contribution in [0.4, 0.5) is 16.3 Å². The second kappa shape index (κ2) is 6.44. The molecule has 2 aromatic rings. The zero-order chi connectivity index (χ0) is 18.3. The maximum absolute atomic E-state index is 13.1. The number of carbonyl (C=O) groups excluding carboxylic acids is 2. The van der Waals surface area contributed by atoms with Crippen LogP contribution in [0.25, 0.3) is 0 Å². The molecule has 2 aliphatic rings. The number of hydrogen-bond acceptors (Lipinski definition) is 3. The summed E-state index contributed by atoms with van der Waals surface area (Å²) in [7, 11) is 0. The van der Waals surface area contributed by atoms with Gasteiger partial charge in [0, 0.05) is 23.4 Å². The number of urea groups is 1. The van der Waals surface area contributed by atoms with E-state index in [4.69, 9.17) is 5.73 Å². The highest BCUT2D eigenvalue weighted by molar-refractivity contribution is 6.05. The number of nitrogens with zero attached hydrogens (tertiary/aromatic N) is 3. The van der Waals surface area contributed by atoms with Gasteiger partial charge in [-0.3, -0.25) is 4.79 Å². The number of hydrogen-bond donors (Lipinski definition) is 1. The van der Waals surface area contributed by atoms with Gasteiger partial charge in [-0.05, 0) is 44.0 Å². The van der Waals surface area contributed by atoms with E-state index < -0.39 is 6.03 Å². The molecule has 1 saturated carbocycles. The summed E-state index contributed by atoms with van der Waals surface area (Å²) in [6, 6.07) is 10.4. The predicted molar refractivity (Wildman–Crippen MR) is 99.2 cm³/mol. The van der Waals surface area contributed by atoms with Crippen molar-refractivity contribution in [3.63, 3.8) is 0 Å². The molecule has 1 aliphatic carbocycles. The fourth-order valence-corrected chi connectivity index (χ4v) is 4.33. The largest absolute Gasteiger partial charge is 0.351 e. The first kappa shape index (κ1) is 16.6. The van der Waals surface area contributed by atoms with Gasteiger partial charge >= 0.3 is 6.03 Å². The molecule has 1 fully saturated rings. The van der Waals surface area contributed by atoms with Crippen LogP contribution < -0.4 is 10.6 Å². The SMILES string of the molecule is CC1c2c(cccc2N(C(N)=O)c2ccccn2)C(=O)N1C1CCCC1. The molecule has 1 unspecified atom stereocenters. The molecule has 1 aliphatic heterocycles. The number of carbonyl (C=O) groups is 2. The zero-order valence-corrected chi connectivity index (χ0v) is 14.8. The van der Waals surface area contributed by atoms with Gasteiger partial charge in [0.15, 0.2) is 0 Å². The molecular weight excluding hydrogens is 328 g/mol. The number of rotatable bonds is 3. The van der Waals surface area contributed by atoms with E-state index in [1.807, 2.05) is 24.0 Å². The van der Waals surface area contributed by atoms with Gasteiger partial charge in [0.05, 0.1) is 11.7 Å². The molecular formula is C20H22N4O2. The highest BCUT2D eigenvalue weighted by Crippen LogP contribution is 2.44. The van der Waals surface area contributed by atoms with E-state index in [1.54, 1.807) is 30.5 Å². The van der Waals surface area contributed by atoms with E-state index in [0.29, 0.717) is 17.1 Å². The van der Waals surface area contributed by atoms with Gasteiger partial charge in [0.1, 0.15) is 5.82 Å². The third kappa shape index (κ3) is 2.53. The van der Waals surface area contributed by atoms with Crippen molar-refractivity contribution >= 4 is 23.4 Å². The summed E-state index contributed by atoms with van der Waals surface area (Å²) in [5.74, 6) is 0.499. The van der Waals surface area contributed by atoms with Crippen LogP contribution in [0, 0.1) is 0 Å². The van der Waals surface area contributed by atoms with Crippen LogP contribution in [0.2, 0.25) is 0 Å². The highest BCUT2D eigenvalue weighted by atomic mass is 16.2. The van der Waals surface area contributed by atoms with E-state index in [0.717, 1.165) is 31.2 Å². The molecule has 1 atom stereocenters. The molecule has 3 amide bonds. The average Bonchev–Trinajstić information content (AvgIpc) is 3.24. The highest BCUT2D eigenvalue weighted by Gasteiger charge is 2.41. The molecule has 1 aromatic heterocycles. The Labute approximate surface area is 152 Å². The molecule has 0 radical (unpaired) electrons. The van der Waals surface area contributed by atoms with Gasteiger partial charge in [-0.15, -0.1) is 0 Å². The molecule has 6 nitrogen and oxygen atoms in total. The van der Waals surface area contributed by atoms with Crippen LogP contribution >= 0.6 is 0 Å². The van der Waals surface area contributed by atoms with Crippen molar-refractivity contribution in [3.8, 4) is 0 Å². The Hall–Kier alpha value is -2.89. The average molecular weight is 350 g/mol. The quantitative estimate of drug-likeness (QED) is 0.915. The Kier molecular flexibility index (Phi) is 4.11. The molecule has 2 heterocycles. The number of fused-ring (bicyclic) bond motifs is 1. The zero-order valence-electron chi connectivity index (χ0n) is 14.8. The molecule has 1 aromatic carbocycles. The Balaban J connectivity index is 1.81. The second-order valence-electron chi connectivity index (χ2n) is 6.93. The second-order valence-corrected chi connectivity index (χ2v) is 6.93. The Bertz CT molecular complexity index is 846. The van der Waals surface area contributed by atoms with Gasteiger partial charge in [0.2, 0.25) is 0 Å². The van der Waals surface area contributed by atoms with E-state index in [-0.39, 0.29) is 18.0 Å². The van der Waals surface area contributed by atoms with Crippen LogP contribution in [0.1, 0.15) is 54.6 Å². The lowest BCUT2D eigenvalue weighted by molar-refractivity contribution is 0.0649. The fraction of sp³-hybridized carbons (Fsp3) is 0.350. The van der Waals surface area contributed by atoms with E-state index in [1.165, 1.54) is 4.90 Å². The number of pyridine rings is 1. The summed E-state index contributed by atoms with van der Waals surface area (Å²) in [6.07, 6.45) is 6.02. The van der Waals surface area contributed by atoms with Gasteiger partial charge in [-0.2, -0.15) is 0 Å². The van der Waals surface area contributed by atoms with Crippen molar-refractivity contribution in [1.29, 1.82) is 0 Å². The maximum atomic E-state index is 13.1. The molecule has 0 spiro atoms. The van der Waals surface area contributed by atoms with E-state index in [9.17, 15) is 9.59 Å². The summed E-state index contributed by atoms with van der Waals surface area (Å²) in [4.78, 5) is 32.9. The number of amides is 3. The van der Waals surface area contributed by atoms with E-state index >= 15 is 0 Å². The van der Waals surface area contributed by atoms with Gasteiger partial charge in [-0.25, -0.2) is 14.7 Å². The molecule has 2 N–H and O–H groups in total. The maximum Gasteiger partial charge on any atom is 0.325 e. The van der Waals surface area contributed by atoms with Crippen LogP contribution in [-0.2, 0) is 0 Å². The fourth-order valence-electron chi connectivity index (χ4n) is 4.33. The minimum atomic E-state index is -0.615. The smallest absolute Gasteiger partial charge is 0.325 e. The Morgan fingerprint density at radius 3 is 2.62 bits per heavy atom. The van der Waals surface area contributed by atoms with Crippen molar-refractivity contribution in [1.82, 2.24) is 9.88 Å². The molecule has 4 rings (SSSR count). The third-order valence-corrected chi connectivity index (χ3v) is 5.44. The summed E-state index contributed by atoms with van der Waals surface area (Å²) in [5, 5.41) is 0. The first-order chi connectivity index (χ1) is 12.6. The van der Waals surface area contributed by atoms with Crippen LogP contribution in [0.15, 0.2) is 42.6 Å². The predicted octanol–water partition coefficient (Wildman–Crippen LogP) is 3.76. The standard InChI is InChI=1S/C20H22N4O2/c1-13-18-15(19(25)23(13)14-7-2-3-8-14)9-6-10-16(18)24(20(21)26)17-11-4-5-12-22-17/h4-6,9-14H,2-3,7-8H2,1H3,(H2,21,26). The molecule has 0 bridgehead atoms. The summed E-state index contributed by atoms with van der Waals surface area (Å²) < 4.78 is 0. The third-order valence-electron chi connectivity index (χ3n) is 5.44. The van der Waals surface area contributed by atoms with Gasteiger partial charge in [-0.1, -0.05) is 25.0 Å². The van der Waals surface area contributed by atoms with Crippen molar-refractivity contribution in [2.75, 3.05) is 4.90 Å². The van der Waals surface area contributed by atoms with Crippen molar-refractivity contribution in [2.45, 2.75) is 44.7 Å². The lowest BCUT2D eigenvalue weighted by Crippen LogP contribution is -2.36. The van der Waals surface area contributed by atoms with Gasteiger partial charge < -0.3 is 10.6 Å². The number of aromatic nitrogens is 1. The van der Waals surface area contributed by atoms with Crippen LogP contribution in [-0.4, -0.2) is 27.9 Å². The molecule has 6 heteroatoms. The lowest BCUT2D eigenvalue weighted by atomic mass is 10.0. The summed E-state index contributed by atoms with van der Waals surface area (Å²) in [6.45, 7) is 2.03. The van der Waals surface area contributed by atoms with Crippen LogP contribution in [0.3, 0.4) is 0 Å². The number of anilines is 2.